The highest BCUT2D eigenvalue weighted by Crippen LogP contribution is 2.41. The van der Waals surface area contributed by atoms with E-state index in [0.717, 1.165) is 56.9 Å². The van der Waals surface area contributed by atoms with Crippen LogP contribution in [0.4, 0.5) is 0 Å². The van der Waals surface area contributed by atoms with Crippen molar-refractivity contribution in [2.45, 2.75) is 128 Å². The van der Waals surface area contributed by atoms with Crippen LogP contribution in [-0.4, -0.2) is 87.4 Å². The molecule has 54 heavy (non-hydrogen) atoms. The minimum atomic E-state index is -1.20. The largest absolute Gasteiger partial charge is 0.346 e. The normalized spacial score (nSPS) is 21.3. The van der Waals surface area contributed by atoms with E-state index in [0.29, 0.717) is 19.3 Å². The summed E-state index contributed by atoms with van der Waals surface area (Å²) in [4.78, 5) is 92.7. The smallest absolute Gasteiger partial charge is 0.289 e. The zero-order valence-electron chi connectivity index (χ0n) is 32.0. The first-order valence-electron chi connectivity index (χ1n) is 19.4. The number of nitrogens with zero attached hydrogens (tertiary/aromatic N) is 3. The van der Waals surface area contributed by atoms with Gasteiger partial charge in [-0.2, -0.15) is 0 Å². The number of rotatable bonds is 16. The summed E-state index contributed by atoms with van der Waals surface area (Å²) in [6.45, 7) is 9.71. The van der Waals surface area contributed by atoms with Crippen LogP contribution < -0.4 is 21.3 Å². The molecule has 5 amide bonds. The van der Waals surface area contributed by atoms with Gasteiger partial charge in [0.15, 0.2) is 0 Å². The average molecular weight is 744 g/mol. The second kappa shape index (κ2) is 20.0. The van der Waals surface area contributed by atoms with E-state index < -0.39 is 64.9 Å². The number of terminal acetylenes is 1. The molecule has 1 unspecified atom stereocenters. The molecule has 4 N–H and O–H groups in total. The van der Waals surface area contributed by atoms with Crippen molar-refractivity contribution in [2.24, 2.45) is 17.3 Å². The van der Waals surface area contributed by atoms with Crippen molar-refractivity contribution in [3.8, 4) is 12.3 Å². The molecule has 0 spiro atoms. The lowest BCUT2D eigenvalue weighted by atomic mass is 9.69. The van der Waals surface area contributed by atoms with Crippen molar-refractivity contribution in [3.63, 3.8) is 0 Å². The Morgan fingerprint density at radius 3 is 2.33 bits per heavy atom. The van der Waals surface area contributed by atoms with E-state index in [9.17, 15) is 24.0 Å². The number of allylic oxidation sites excluding steroid dienone is 1. The molecule has 3 aliphatic rings. The minimum absolute atomic E-state index is 0.0379. The fourth-order valence-corrected chi connectivity index (χ4v) is 8.24. The highest BCUT2D eigenvalue weighted by molar-refractivity contribution is 6.38. The van der Waals surface area contributed by atoms with E-state index in [1.165, 1.54) is 29.6 Å². The van der Waals surface area contributed by atoms with Gasteiger partial charge in [-0.1, -0.05) is 63.2 Å². The molecule has 0 aromatic carbocycles. The summed E-state index contributed by atoms with van der Waals surface area (Å²) in [7, 11) is 0. The summed E-state index contributed by atoms with van der Waals surface area (Å²) in [6.07, 6.45) is 22.3. The van der Waals surface area contributed by atoms with Crippen LogP contribution in [0.3, 0.4) is 0 Å². The predicted octanol–water partition coefficient (Wildman–Crippen LogP) is 3.56. The summed E-state index contributed by atoms with van der Waals surface area (Å²) < 4.78 is 0. The Morgan fingerprint density at radius 2 is 1.70 bits per heavy atom. The quantitative estimate of drug-likeness (QED) is 0.113. The molecule has 0 bridgehead atoms. The number of hydrogen-bond donors (Lipinski definition) is 4. The monoisotopic (exact) mass is 743 g/mol. The van der Waals surface area contributed by atoms with Gasteiger partial charge in [0.05, 0.1) is 12.2 Å². The average Bonchev–Trinajstić information content (AvgIpc) is 3.59. The number of amides is 5. The van der Waals surface area contributed by atoms with Crippen LogP contribution in [0.1, 0.15) is 115 Å². The number of likely N-dealkylation sites (tertiary alicyclic amines) is 1. The fraction of sp³-hybridized carbons (Fsp3) is 0.610. The van der Waals surface area contributed by atoms with Gasteiger partial charge in [0.25, 0.3) is 11.8 Å². The number of ketones is 1. The molecule has 5 atom stereocenters. The van der Waals surface area contributed by atoms with Crippen molar-refractivity contribution in [3.05, 3.63) is 48.6 Å². The van der Waals surface area contributed by atoms with Crippen molar-refractivity contribution in [1.82, 2.24) is 36.1 Å². The summed E-state index contributed by atoms with van der Waals surface area (Å²) in [6, 6.07) is -4.12. The maximum atomic E-state index is 15.0. The van der Waals surface area contributed by atoms with Gasteiger partial charge < -0.3 is 26.2 Å². The van der Waals surface area contributed by atoms with Gasteiger partial charge in [-0.25, -0.2) is 4.98 Å². The summed E-state index contributed by atoms with van der Waals surface area (Å²) in [5.41, 5.74) is 0.418. The summed E-state index contributed by atoms with van der Waals surface area (Å²) in [5.74, 6) is -1.70. The molecule has 292 valence electrons. The number of aromatic nitrogens is 2. The first-order valence-corrected chi connectivity index (χ1v) is 19.4. The third-order valence-electron chi connectivity index (χ3n) is 11.1. The van der Waals surface area contributed by atoms with Crippen molar-refractivity contribution in [1.29, 1.82) is 0 Å². The molecule has 2 heterocycles. The molecular formula is C41H57N7O6. The maximum Gasteiger partial charge on any atom is 0.289 e. The van der Waals surface area contributed by atoms with Crippen LogP contribution in [0.25, 0.3) is 0 Å². The molecule has 2 aliphatic carbocycles. The van der Waals surface area contributed by atoms with Crippen LogP contribution in [0.15, 0.2) is 42.9 Å². The van der Waals surface area contributed by atoms with Crippen LogP contribution in [0.5, 0.6) is 0 Å². The predicted molar refractivity (Wildman–Crippen MR) is 204 cm³/mol. The van der Waals surface area contributed by atoms with Crippen LogP contribution in [0, 0.1) is 29.6 Å². The Labute approximate surface area is 319 Å². The third kappa shape index (κ3) is 10.9. The van der Waals surface area contributed by atoms with E-state index in [4.69, 9.17) is 6.42 Å². The van der Waals surface area contributed by atoms with E-state index in [-0.39, 0.29) is 43.5 Å². The lowest BCUT2D eigenvalue weighted by Gasteiger charge is -2.43. The number of hydrogen-bond acceptors (Lipinski definition) is 8. The molecule has 1 aliphatic heterocycles. The molecule has 0 radical (unpaired) electrons. The Hall–Kier alpha value is -4.86. The number of nitrogens with one attached hydrogen (secondary N) is 4. The molecule has 13 nitrogen and oxygen atoms in total. The highest BCUT2D eigenvalue weighted by atomic mass is 16.2. The number of carbonyl (C=O) groups is 6. The Morgan fingerprint density at radius 1 is 1.00 bits per heavy atom. The van der Waals surface area contributed by atoms with Crippen LogP contribution >= 0.6 is 0 Å². The molecule has 2 saturated carbocycles. The Bertz CT molecular complexity index is 1590. The van der Waals surface area contributed by atoms with Gasteiger partial charge in [-0.15, -0.1) is 18.9 Å². The van der Waals surface area contributed by atoms with Gasteiger partial charge >= 0.3 is 0 Å². The van der Waals surface area contributed by atoms with Crippen molar-refractivity contribution >= 4 is 35.3 Å². The zero-order chi connectivity index (χ0) is 39.3. The second-order valence-corrected chi connectivity index (χ2v) is 15.4. The maximum absolute atomic E-state index is 15.0. The zero-order valence-corrected chi connectivity index (χ0v) is 32.0. The van der Waals surface area contributed by atoms with Crippen molar-refractivity contribution < 1.29 is 28.8 Å². The molecule has 1 aromatic rings. The van der Waals surface area contributed by atoms with Gasteiger partial charge in [-0.05, 0) is 63.7 Å². The molecule has 13 heteroatoms. The lowest BCUT2D eigenvalue weighted by molar-refractivity contribution is -0.147. The lowest BCUT2D eigenvalue weighted by Crippen LogP contribution is -2.63. The van der Waals surface area contributed by atoms with E-state index in [1.807, 2.05) is 26.8 Å². The Kier molecular flexibility index (Phi) is 15.5. The second-order valence-electron chi connectivity index (χ2n) is 15.4. The first-order chi connectivity index (χ1) is 25.9. The van der Waals surface area contributed by atoms with Crippen molar-refractivity contribution in [2.75, 3.05) is 13.1 Å². The summed E-state index contributed by atoms with van der Waals surface area (Å²) in [5, 5.41) is 11.3. The van der Waals surface area contributed by atoms with Gasteiger partial charge in [0, 0.05) is 37.8 Å². The van der Waals surface area contributed by atoms with Gasteiger partial charge in [-0.3, -0.25) is 33.8 Å². The van der Waals surface area contributed by atoms with E-state index in [2.05, 4.69) is 43.7 Å². The number of carbonyl (C=O) groups excluding carboxylic acids is 6. The van der Waals surface area contributed by atoms with Crippen LogP contribution in [0.2, 0.25) is 0 Å². The molecular weight excluding hydrogens is 686 g/mol. The van der Waals surface area contributed by atoms with E-state index in [1.54, 1.807) is 0 Å². The topological polar surface area (TPSA) is 180 Å². The van der Waals surface area contributed by atoms with E-state index >= 15 is 4.79 Å². The molecule has 3 fully saturated rings. The first kappa shape index (κ1) is 41.9. The standard InChI is InChI=1S/C41H57N7O6/c1-6-8-17-30(34(49)39(53)44-21-7-2)45-38(52)33-29(25-27(3)4)18-24-48(33)40(54)35(41(5)19-13-10-14-20-41)47-37(51)32(28-15-11-9-12-16-28)46-36(50)31-26-42-22-23-43-31/h1,7,22-23,25-26,28-30,32-33,35H,2,8-21,24H2,3-5H3,(H,44,53)(H,45,52)(H,46,50)(H,47,51)/t29-,30?,32+,33+,35-/m1/s1. The van der Waals surface area contributed by atoms with Gasteiger partial charge in [0.1, 0.15) is 23.8 Å². The number of Topliss-reactive ketones (excluding diaryl/α,β-unsaturated/α-hetero) is 1. The molecule has 1 aromatic heterocycles. The SMILES string of the molecule is C#CCCC(NC(=O)[C@@H]1[C@@H](C=C(C)C)CCN1C(=O)[C@@H](NC(=O)[C@@H](NC(=O)c1cnccn1)C1CCCCC1)C1(C)CCCCC1)C(=O)C(=O)NCC=C. The third-order valence-corrected chi connectivity index (χ3v) is 11.1. The molecule has 4 rings (SSSR count). The highest BCUT2D eigenvalue weighted by Gasteiger charge is 2.49. The Balaban J connectivity index is 1.67. The van der Waals surface area contributed by atoms with Gasteiger partial charge in [0.2, 0.25) is 23.5 Å². The minimum Gasteiger partial charge on any atom is -0.346 e. The fourth-order valence-electron chi connectivity index (χ4n) is 8.24. The molecule has 1 saturated heterocycles. The van der Waals surface area contributed by atoms with Crippen LogP contribution in [-0.2, 0) is 24.0 Å². The summed E-state index contributed by atoms with van der Waals surface area (Å²) >= 11 is 0.